The van der Waals surface area contributed by atoms with Gasteiger partial charge in [0.1, 0.15) is 0 Å². The molecule has 0 aliphatic carbocycles. The molecule has 1 fully saturated rings. The van der Waals surface area contributed by atoms with Gasteiger partial charge < -0.3 is 0 Å². The predicted octanol–water partition coefficient (Wildman–Crippen LogP) is 3.33. The van der Waals surface area contributed by atoms with Gasteiger partial charge in [-0.2, -0.15) is 12.7 Å². The highest BCUT2D eigenvalue weighted by atomic mass is 127. The zero-order chi connectivity index (χ0) is 14.0. The van der Waals surface area contributed by atoms with E-state index in [-0.39, 0.29) is 0 Å². The maximum Gasteiger partial charge on any atom is 0.301 e. The average Bonchev–Trinajstić information content (AvgIpc) is 2.34. The molecule has 2 rings (SSSR count). The molecule has 0 saturated carbocycles. The molecule has 1 aromatic rings. The molecule has 1 aromatic carbocycles. The second-order valence-electron chi connectivity index (χ2n) is 4.81. The van der Waals surface area contributed by atoms with E-state index in [1.54, 1.807) is 12.1 Å². The third kappa shape index (κ3) is 3.96. The summed E-state index contributed by atoms with van der Waals surface area (Å²) in [4.78, 5) is 0. The van der Waals surface area contributed by atoms with Gasteiger partial charge in [0.15, 0.2) is 0 Å². The fraction of sp³-hybridized carbons (Fsp3) is 0.500. The second-order valence-corrected chi connectivity index (χ2v) is 8.14. The van der Waals surface area contributed by atoms with Crippen LogP contribution in [0.1, 0.15) is 19.8 Å². The predicted molar refractivity (Wildman–Crippen MR) is 86.7 cm³/mol. The minimum absolute atomic E-state index is 0.411. The van der Waals surface area contributed by atoms with Crippen molar-refractivity contribution in [1.82, 2.24) is 4.31 Å². The van der Waals surface area contributed by atoms with Gasteiger partial charge in [0.25, 0.3) is 0 Å². The molecule has 106 valence electrons. The van der Waals surface area contributed by atoms with Crippen molar-refractivity contribution in [1.29, 1.82) is 0 Å². The first kappa shape index (κ1) is 15.3. The Balaban J connectivity index is 2.15. The molecular formula is C12H16ClIN2O2S. The van der Waals surface area contributed by atoms with Crippen molar-refractivity contribution in [3.05, 3.63) is 26.8 Å². The van der Waals surface area contributed by atoms with Crippen LogP contribution in [0.25, 0.3) is 0 Å². The monoisotopic (exact) mass is 414 g/mol. The van der Waals surface area contributed by atoms with E-state index in [4.69, 9.17) is 11.6 Å². The Morgan fingerprint density at radius 2 is 2.00 bits per heavy atom. The van der Waals surface area contributed by atoms with Gasteiger partial charge in [-0.25, -0.2) is 0 Å². The number of benzene rings is 1. The van der Waals surface area contributed by atoms with E-state index in [2.05, 4.69) is 34.2 Å². The van der Waals surface area contributed by atoms with Crippen LogP contribution in [0.4, 0.5) is 5.69 Å². The third-order valence-electron chi connectivity index (χ3n) is 3.25. The van der Waals surface area contributed by atoms with Crippen LogP contribution >= 0.6 is 34.2 Å². The van der Waals surface area contributed by atoms with Gasteiger partial charge in [-0.05, 0) is 59.5 Å². The van der Waals surface area contributed by atoms with Gasteiger partial charge in [0.2, 0.25) is 0 Å². The molecule has 0 aromatic heterocycles. The number of nitrogens with zero attached hydrogens (tertiary/aromatic N) is 1. The van der Waals surface area contributed by atoms with Gasteiger partial charge in [-0.3, -0.25) is 4.72 Å². The maximum atomic E-state index is 12.3. The highest BCUT2D eigenvalue weighted by Crippen LogP contribution is 2.26. The van der Waals surface area contributed by atoms with Crippen molar-refractivity contribution in [2.45, 2.75) is 19.8 Å². The number of nitrogens with one attached hydrogen (secondary N) is 1. The van der Waals surface area contributed by atoms with Gasteiger partial charge >= 0.3 is 10.2 Å². The van der Waals surface area contributed by atoms with Crippen molar-refractivity contribution in [3.63, 3.8) is 0 Å². The summed E-state index contributed by atoms with van der Waals surface area (Å²) in [5.74, 6) is 0.590. The molecule has 4 nitrogen and oxygen atoms in total. The highest BCUT2D eigenvalue weighted by molar-refractivity contribution is 14.1. The molecule has 0 atom stereocenters. The van der Waals surface area contributed by atoms with Crippen molar-refractivity contribution in [2.24, 2.45) is 5.92 Å². The Hall–Kier alpha value is -0.0500. The quantitative estimate of drug-likeness (QED) is 0.771. The van der Waals surface area contributed by atoms with Crippen molar-refractivity contribution < 1.29 is 8.42 Å². The Morgan fingerprint density at radius 1 is 1.37 bits per heavy atom. The van der Waals surface area contributed by atoms with E-state index in [9.17, 15) is 8.42 Å². The van der Waals surface area contributed by atoms with Crippen LogP contribution in [0.3, 0.4) is 0 Å². The first-order valence-electron chi connectivity index (χ1n) is 6.11. The molecule has 19 heavy (non-hydrogen) atoms. The van der Waals surface area contributed by atoms with E-state index in [1.165, 1.54) is 4.31 Å². The summed E-state index contributed by atoms with van der Waals surface area (Å²) in [5, 5.41) is 0.411. The molecular weight excluding hydrogens is 399 g/mol. The lowest BCUT2D eigenvalue weighted by atomic mass is 10.0. The number of piperidine rings is 1. The largest absolute Gasteiger partial charge is 0.301 e. The standard InChI is InChI=1S/C12H16ClIN2O2S/c1-9-4-6-16(7-5-9)19(17,18)15-12-8-10(14)2-3-11(12)13/h2-3,8-9,15H,4-7H2,1H3. The summed E-state index contributed by atoms with van der Waals surface area (Å²) in [7, 11) is -3.50. The lowest BCUT2D eigenvalue weighted by Gasteiger charge is -2.29. The number of rotatable bonds is 3. The summed E-state index contributed by atoms with van der Waals surface area (Å²) in [6.07, 6.45) is 1.81. The summed E-state index contributed by atoms with van der Waals surface area (Å²) in [6, 6.07) is 5.26. The number of hydrogen-bond acceptors (Lipinski definition) is 2. The van der Waals surface area contributed by atoms with Crippen LogP contribution in [0.5, 0.6) is 0 Å². The molecule has 0 amide bonds. The molecule has 0 radical (unpaired) electrons. The van der Waals surface area contributed by atoms with E-state index >= 15 is 0 Å². The zero-order valence-electron chi connectivity index (χ0n) is 10.6. The molecule has 1 N–H and O–H groups in total. The lowest BCUT2D eigenvalue weighted by Crippen LogP contribution is -2.41. The number of halogens is 2. The van der Waals surface area contributed by atoms with Crippen LogP contribution in [0, 0.1) is 9.49 Å². The summed E-state index contributed by atoms with van der Waals surface area (Å²) < 4.78 is 29.6. The van der Waals surface area contributed by atoms with Crippen molar-refractivity contribution >= 4 is 50.1 Å². The Labute approximate surface area is 132 Å². The van der Waals surface area contributed by atoms with Gasteiger partial charge in [-0.15, -0.1) is 0 Å². The Kier molecular flexibility index (Phi) is 4.97. The number of anilines is 1. The van der Waals surface area contributed by atoms with Crippen LogP contribution in [0.2, 0.25) is 5.02 Å². The topological polar surface area (TPSA) is 49.4 Å². The van der Waals surface area contributed by atoms with Crippen LogP contribution in [0.15, 0.2) is 18.2 Å². The highest BCUT2D eigenvalue weighted by Gasteiger charge is 2.26. The van der Waals surface area contributed by atoms with Gasteiger partial charge in [-0.1, -0.05) is 18.5 Å². The maximum absolute atomic E-state index is 12.3. The molecule has 0 bridgehead atoms. The fourth-order valence-electron chi connectivity index (χ4n) is 2.00. The zero-order valence-corrected chi connectivity index (χ0v) is 14.3. The lowest BCUT2D eigenvalue weighted by molar-refractivity contribution is 0.289. The fourth-order valence-corrected chi connectivity index (χ4v) is 3.98. The minimum atomic E-state index is -3.50. The average molecular weight is 415 g/mol. The summed E-state index contributed by atoms with van der Waals surface area (Å²) in [5.41, 5.74) is 0.437. The van der Waals surface area contributed by atoms with Crippen molar-refractivity contribution in [3.8, 4) is 0 Å². The molecule has 1 heterocycles. The van der Waals surface area contributed by atoms with E-state index in [0.29, 0.717) is 29.7 Å². The van der Waals surface area contributed by atoms with E-state index in [1.807, 2.05) is 6.07 Å². The van der Waals surface area contributed by atoms with Crippen molar-refractivity contribution in [2.75, 3.05) is 17.8 Å². The molecule has 1 saturated heterocycles. The Bertz CT molecular complexity index is 557. The first-order chi connectivity index (χ1) is 8.88. The first-order valence-corrected chi connectivity index (χ1v) is 9.01. The summed E-state index contributed by atoms with van der Waals surface area (Å²) >= 11 is 8.14. The molecule has 1 aliphatic heterocycles. The van der Waals surface area contributed by atoms with Gasteiger partial charge in [0.05, 0.1) is 10.7 Å². The van der Waals surface area contributed by atoms with Crippen LogP contribution in [-0.2, 0) is 10.2 Å². The Morgan fingerprint density at radius 3 is 2.63 bits per heavy atom. The molecule has 0 spiro atoms. The molecule has 0 unspecified atom stereocenters. The van der Waals surface area contributed by atoms with E-state index < -0.39 is 10.2 Å². The normalized spacial score (nSPS) is 18.5. The second kappa shape index (κ2) is 6.15. The molecule has 7 heteroatoms. The minimum Gasteiger partial charge on any atom is -0.269 e. The smallest absolute Gasteiger partial charge is 0.269 e. The third-order valence-corrected chi connectivity index (χ3v) is 5.77. The number of hydrogen-bond donors (Lipinski definition) is 1. The van der Waals surface area contributed by atoms with Crippen LogP contribution < -0.4 is 4.72 Å². The SMILES string of the molecule is CC1CCN(S(=O)(=O)Nc2cc(I)ccc2Cl)CC1. The summed E-state index contributed by atoms with van der Waals surface area (Å²) in [6.45, 7) is 3.28. The molecule has 1 aliphatic rings. The van der Waals surface area contributed by atoms with E-state index in [0.717, 1.165) is 16.4 Å². The van der Waals surface area contributed by atoms with Gasteiger partial charge in [0, 0.05) is 16.7 Å². The van der Waals surface area contributed by atoms with Crippen LogP contribution in [-0.4, -0.2) is 25.8 Å².